The van der Waals surface area contributed by atoms with Crippen molar-refractivity contribution >= 4 is 6.29 Å². The predicted molar refractivity (Wildman–Crippen MR) is 33.6 cm³/mol. The van der Waals surface area contributed by atoms with Gasteiger partial charge in [0, 0.05) is 5.57 Å². The van der Waals surface area contributed by atoms with Crippen molar-refractivity contribution in [3.63, 3.8) is 0 Å². The fraction of sp³-hybridized carbons (Fsp3) is 0.167. The summed E-state index contributed by atoms with van der Waals surface area (Å²) in [5.74, 6) is 0. The maximum atomic E-state index is 10.7. The second-order valence-corrected chi connectivity index (χ2v) is 2.11. The lowest BCUT2D eigenvalue weighted by Gasteiger charge is -2.30. The van der Waals surface area contributed by atoms with Gasteiger partial charge in [0.1, 0.15) is 12.7 Å². The Morgan fingerprint density at radius 1 is 1.80 bits per heavy atom. The van der Waals surface area contributed by atoms with E-state index >= 15 is 0 Å². The topological polar surface area (TPSA) is 60.4 Å². The molecule has 1 rings (SSSR count). The number of carbonyl (C=O) groups excluding carboxylic acids is 1. The summed E-state index contributed by atoms with van der Waals surface area (Å²) in [7, 11) is 0. The van der Waals surface area contributed by atoms with Crippen molar-refractivity contribution in [2.75, 3.05) is 6.54 Å². The van der Waals surface area contributed by atoms with Gasteiger partial charge < -0.3 is 5.21 Å². The molecule has 4 heteroatoms. The lowest BCUT2D eigenvalue weighted by molar-refractivity contribution is -1.02. The first-order valence-corrected chi connectivity index (χ1v) is 2.79. The minimum atomic E-state index is -1.48. The summed E-state index contributed by atoms with van der Waals surface area (Å²) in [5.41, 5.74) is 0.306. The van der Waals surface area contributed by atoms with Crippen LogP contribution in [0.1, 0.15) is 0 Å². The molecular formula is C6H7NO3. The fourth-order valence-electron chi connectivity index (χ4n) is 0.745. The summed E-state index contributed by atoms with van der Waals surface area (Å²) in [6.07, 6.45) is 4.48. The molecule has 1 atom stereocenters. The molecule has 1 N–H and O–H groups in total. The average Bonchev–Trinajstić information content (AvgIpc) is 1.86. The van der Waals surface area contributed by atoms with Crippen molar-refractivity contribution in [3.8, 4) is 0 Å². The highest BCUT2D eigenvalue weighted by Gasteiger charge is 2.15. The van der Waals surface area contributed by atoms with Crippen LogP contribution in [0.2, 0.25) is 0 Å². The Morgan fingerprint density at radius 2 is 2.50 bits per heavy atom. The van der Waals surface area contributed by atoms with Gasteiger partial charge in [-0.1, -0.05) is 0 Å². The van der Waals surface area contributed by atoms with Gasteiger partial charge in [-0.05, 0) is 12.2 Å². The third kappa shape index (κ3) is 1.51. The fourth-order valence-corrected chi connectivity index (χ4v) is 0.745. The Balaban J connectivity index is 2.77. The lowest BCUT2D eigenvalue weighted by atomic mass is 10.2. The van der Waals surface area contributed by atoms with E-state index in [0.29, 0.717) is 11.9 Å². The minimum Gasteiger partial charge on any atom is -0.593 e. The van der Waals surface area contributed by atoms with Gasteiger partial charge in [-0.2, -0.15) is 4.81 Å². The van der Waals surface area contributed by atoms with Crippen LogP contribution in [0, 0.1) is 5.21 Å². The molecule has 1 aliphatic rings. The average molecular weight is 141 g/mol. The Morgan fingerprint density at radius 3 is 2.90 bits per heavy atom. The van der Waals surface area contributed by atoms with Crippen molar-refractivity contribution in [1.29, 1.82) is 0 Å². The quantitative estimate of drug-likeness (QED) is 0.325. The molecule has 0 radical (unpaired) electrons. The van der Waals surface area contributed by atoms with E-state index < -0.39 is 4.81 Å². The third-order valence-corrected chi connectivity index (χ3v) is 1.19. The molecule has 0 bridgehead atoms. The van der Waals surface area contributed by atoms with Crippen molar-refractivity contribution in [1.82, 2.24) is 0 Å². The van der Waals surface area contributed by atoms with Gasteiger partial charge in [-0.3, -0.25) is 4.79 Å². The van der Waals surface area contributed by atoms with Crippen LogP contribution in [0.3, 0.4) is 0 Å². The zero-order valence-corrected chi connectivity index (χ0v) is 5.23. The zero-order chi connectivity index (χ0) is 7.61. The Hall–Kier alpha value is -0.970. The van der Waals surface area contributed by atoms with Crippen LogP contribution < -0.4 is 0 Å². The molecule has 10 heavy (non-hydrogen) atoms. The molecular weight excluding hydrogens is 134 g/mol. The first kappa shape index (κ1) is 7.14. The Kier molecular flexibility index (Phi) is 1.67. The van der Waals surface area contributed by atoms with E-state index in [0.717, 1.165) is 6.20 Å². The molecule has 0 aromatic heterocycles. The molecule has 1 heterocycles. The van der Waals surface area contributed by atoms with E-state index in [-0.39, 0.29) is 6.54 Å². The van der Waals surface area contributed by atoms with E-state index in [2.05, 4.69) is 0 Å². The van der Waals surface area contributed by atoms with Crippen LogP contribution >= 0.6 is 0 Å². The van der Waals surface area contributed by atoms with Crippen LogP contribution in [0.15, 0.2) is 23.9 Å². The van der Waals surface area contributed by atoms with E-state index in [9.17, 15) is 10.0 Å². The minimum absolute atomic E-state index is 0.194. The SMILES string of the molecule is O=CC1=CC=C[N+]([O-])(O)C1. The number of hydrogen-bond donors (Lipinski definition) is 1. The number of aldehydes is 1. The molecule has 1 aliphatic heterocycles. The smallest absolute Gasteiger partial charge is 0.151 e. The number of hydroxylamine groups is 4. The molecule has 0 aliphatic carbocycles. The summed E-state index contributed by atoms with van der Waals surface area (Å²) in [5, 5.41) is 19.5. The maximum absolute atomic E-state index is 10.7. The normalized spacial score (nSPS) is 31.6. The first-order valence-electron chi connectivity index (χ1n) is 2.79. The van der Waals surface area contributed by atoms with E-state index in [1.165, 1.54) is 12.2 Å². The molecule has 0 amide bonds. The number of hydrogen-bond acceptors (Lipinski definition) is 3. The Bertz CT molecular complexity index is 205. The van der Waals surface area contributed by atoms with E-state index in [4.69, 9.17) is 5.21 Å². The zero-order valence-electron chi connectivity index (χ0n) is 5.23. The van der Waals surface area contributed by atoms with Crippen LogP contribution in [0.25, 0.3) is 0 Å². The first-order chi connectivity index (χ1) is 4.64. The van der Waals surface area contributed by atoms with E-state index in [1.54, 1.807) is 0 Å². The number of carbonyl (C=O) groups is 1. The third-order valence-electron chi connectivity index (χ3n) is 1.19. The molecule has 0 saturated carbocycles. The van der Waals surface area contributed by atoms with Crippen LogP contribution in [0.5, 0.6) is 0 Å². The molecule has 0 aromatic rings. The summed E-state index contributed by atoms with van der Waals surface area (Å²) in [6.45, 7) is -0.194. The van der Waals surface area contributed by atoms with Crippen molar-refractivity contribution in [2.45, 2.75) is 0 Å². The van der Waals surface area contributed by atoms with Gasteiger partial charge in [0.15, 0.2) is 6.29 Å². The number of rotatable bonds is 1. The molecule has 1 unspecified atom stereocenters. The van der Waals surface area contributed by atoms with Gasteiger partial charge >= 0.3 is 0 Å². The van der Waals surface area contributed by atoms with E-state index in [1.807, 2.05) is 0 Å². The largest absolute Gasteiger partial charge is 0.593 e. The molecule has 0 aromatic carbocycles. The highest BCUT2D eigenvalue weighted by Crippen LogP contribution is 2.10. The van der Waals surface area contributed by atoms with Crippen LogP contribution in [-0.4, -0.2) is 22.8 Å². The van der Waals surface area contributed by atoms with Crippen molar-refractivity contribution in [2.24, 2.45) is 0 Å². The molecule has 4 nitrogen and oxygen atoms in total. The molecule has 0 spiro atoms. The number of quaternary nitrogens is 1. The summed E-state index contributed by atoms with van der Waals surface area (Å²) >= 11 is 0. The van der Waals surface area contributed by atoms with Gasteiger partial charge in [0.05, 0.1) is 0 Å². The standard InChI is InChI=1S/C6H7NO3/c8-5-6-2-1-3-7(9,10)4-6/h1-3,5,9H,4H2. The van der Waals surface area contributed by atoms with Gasteiger partial charge in [-0.15, -0.1) is 0 Å². The maximum Gasteiger partial charge on any atom is 0.151 e. The summed E-state index contributed by atoms with van der Waals surface area (Å²) in [6, 6.07) is 0. The number of allylic oxidation sites excluding steroid dienone is 2. The van der Waals surface area contributed by atoms with Gasteiger partial charge in [-0.25, -0.2) is 5.21 Å². The number of nitrogens with zero attached hydrogens (tertiary/aromatic N) is 1. The van der Waals surface area contributed by atoms with Crippen LogP contribution in [-0.2, 0) is 4.79 Å². The van der Waals surface area contributed by atoms with Crippen molar-refractivity contribution < 1.29 is 14.8 Å². The molecule has 0 fully saturated rings. The summed E-state index contributed by atoms with van der Waals surface area (Å²) in [4.78, 5) is 8.60. The Labute approximate surface area is 57.8 Å². The lowest BCUT2D eigenvalue weighted by Crippen LogP contribution is -2.35. The van der Waals surface area contributed by atoms with Gasteiger partial charge in [0.2, 0.25) is 0 Å². The molecule has 0 saturated heterocycles. The summed E-state index contributed by atoms with van der Waals surface area (Å²) < 4.78 is 0. The highest BCUT2D eigenvalue weighted by molar-refractivity contribution is 5.74. The monoisotopic (exact) mass is 141 g/mol. The highest BCUT2D eigenvalue weighted by atomic mass is 16.8. The predicted octanol–water partition coefficient (Wildman–Crippen LogP) is 0.343. The van der Waals surface area contributed by atoms with Crippen molar-refractivity contribution in [3.05, 3.63) is 29.1 Å². The second kappa shape index (κ2) is 2.34. The van der Waals surface area contributed by atoms with Gasteiger partial charge in [0.25, 0.3) is 0 Å². The molecule has 54 valence electrons. The second-order valence-electron chi connectivity index (χ2n) is 2.11. The van der Waals surface area contributed by atoms with Crippen LogP contribution in [0.4, 0.5) is 0 Å².